The predicted octanol–water partition coefficient (Wildman–Crippen LogP) is 3.43. The number of amides is 1. The predicted molar refractivity (Wildman–Crippen MR) is 127 cm³/mol. The van der Waals surface area contributed by atoms with Crippen molar-refractivity contribution in [2.75, 3.05) is 6.54 Å². The minimum Gasteiger partial charge on any atom is -0.489 e. The van der Waals surface area contributed by atoms with Crippen molar-refractivity contribution in [3.8, 4) is 5.75 Å². The highest BCUT2D eigenvalue weighted by molar-refractivity contribution is 6.30. The van der Waals surface area contributed by atoms with Crippen molar-refractivity contribution in [2.24, 2.45) is 0 Å². The number of carbonyl (C=O) groups is 1. The molecule has 2 bridgehead atoms. The van der Waals surface area contributed by atoms with Gasteiger partial charge in [0, 0.05) is 36.5 Å². The van der Waals surface area contributed by atoms with Crippen LogP contribution in [0.5, 0.6) is 5.75 Å². The van der Waals surface area contributed by atoms with Gasteiger partial charge >= 0.3 is 0 Å². The molecule has 1 aromatic carbocycles. The normalized spacial score (nSPS) is 24.7. The number of rotatable bonds is 5. The average molecular weight is 500 g/mol. The average Bonchev–Trinajstić information content (AvgIpc) is 3.42. The molecule has 2 aromatic heterocycles. The van der Waals surface area contributed by atoms with Gasteiger partial charge in [-0.2, -0.15) is 5.10 Å². The second kappa shape index (κ2) is 8.72. The molecule has 3 aliphatic rings. The fourth-order valence-corrected chi connectivity index (χ4v) is 6.05. The van der Waals surface area contributed by atoms with Gasteiger partial charge < -0.3 is 14.7 Å². The molecule has 3 atom stereocenters. The number of halogens is 2. The number of carbonyl (C=O) groups excluding carboxylic acids is 1. The monoisotopic (exact) mass is 499 g/mol. The third kappa shape index (κ3) is 4.15. The molecule has 0 spiro atoms. The molecule has 1 N–H and O–H groups in total. The fourth-order valence-electron chi connectivity index (χ4n) is 5.91. The van der Waals surface area contributed by atoms with Crippen LogP contribution < -0.4 is 4.74 Å². The molecule has 2 saturated heterocycles. The summed E-state index contributed by atoms with van der Waals surface area (Å²) < 4.78 is 22.2. The Morgan fingerprint density at radius 2 is 2.06 bits per heavy atom. The Morgan fingerprint density at radius 3 is 2.80 bits per heavy atom. The van der Waals surface area contributed by atoms with Gasteiger partial charge in [-0.3, -0.25) is 9.69 Å². The van der Waals surface area contributed by atoms with Crippen LogP contribution in [0.2, 0.25) is 5.02 Å². The highest BCUT2D eigenvalue weighted by atomic mass is 35.5. The Hall–Kier alpha value is -2.75. The number of fused-ring (bicyclic) bond motifs is 5. The standard InChI is InChI=1S/C25H27ClFN5O3/c1-14(33)10-31-17-3-4-18(31)8-19(7-17)35-23-6-16(27)2-5-20(23)25(34)30-12-21-22(13-30)29-32-11-15(26)9-28-24(21)32/h2,5-6,9,11,14,17-19,33H,3-4,7-8,10,12-13H2,1H3/t14?,17-,18-/m0/s1. The second-order valence-electron chi connectivity index (χ2n) is 9.91. The summed E-state index contributed by atoms with van der Waals surface area (Å²) in [4.78, 5) is 21.9. The molecule has 0 radical (unpaired) electrons. The SMILES string of the molecule is CC(O)CN1[C@H]2CC[C@H]1CC(Oc1cc(F)ccc1C(=O)N1Cc3nn4cc(Cl)cnc4c3C1)C2. The molecule has 1 amide bonds. The van der Waals surface area contributed by atoms with Gasteiger partial charge in [-0.25, -0.2) is 13.9 Å². The Morgan fingerprint density at radius 1 is 1.29 bits per heavy atom. The molecule has 2 fully saturated rings. The Labute approximate surface area is 207 Å². The first-order valence-electron chi connectivity index (χ1n) is 12.1. The number of hydrogen-bond donors (Lipinski definition) is 1. The van der Waals surface area contributed by atoms with E-state index in [9.17, 15) is 14.3 Å². The first-order chi connectivity index (χ1) is 16.9. The molecular weight excluding hydrogens is 473 g/mol. The Kier molecular flexibility index (Phi) is 5.66. The number of aliphatic hydroxyl groups is 1. The summed E-state index contributed by atoms with van der Waals surface area (Å²) in [6.45, 7) is 3.18. The van der Waals surface area contributed by atoms with Gasteiger partial charge in [0.05, 0.1) is 41.7 Å². The lowest BCUT2D eigenvalue weighted by Gasteiger charge is -2.39. The molecule has 184 valence electrons. The fraction of sp³-hybridized carbons (Fsp3) is 0.480. The van der Waals surface area contributed by atoms with Crippen LogP contribution in [0.25, 0.3) is 5.65 Å². The lowest BCUT2D eigenvalue weighted by atomic mass is 9.99. The van der Waals surface area contributed by atoms with E-state index in [-0.39, 0.29) is 23.9 Å². The van der Waals surface area contributed by atoms with Gasteiger partial charge in [0.2, 0.25) is 0 Å². The summed E-state index contributed by atoms with van der Waals surface area (Å²) in [7, 11) is 0. The summed E-state index contributed by atoms with van der Waals surface area (Å²) >= 11 is 6.02. The van der Waals surface area contributed by atoms with E-state index >= 15 is 0 Å². The molecule has 3 aromatic rings. The highest BCUT2D eigenvalue weighted by Gasteiger charge is 2.42. The molecule has 1 unspecified atom stereocenters. The van der Waals surface area contributed by atoms with Crippen LogP contribution in [0.4, 0.5) is 4.39 Å². The molecule has 35 heavy (non-hydrogen) atoms. The third-order valence-corrected chi connectivity index (χ3v) is 7.58. The molecule has 0 saturated carbocycles. The summed E-state index contributed by atoms with van der Waals surface area (Å²) in [5, 5.41) is 14.9. The lowest BCUT2D eigenvalue weighted by Crippen LogP contribution is -2.48. The summed E-state index contributed by atoms with van der Waals surface area (Å²) in [6.07, 6.45) is 6.53. The van der Waals surface area contributed by atoms with Gasteiger partial charge in [0.15, 0.2) is 5.65 Å². The molecular formula is C25H27ClFN5O3. The van der Waals surface area contributed by atoms with E-state index in [1.165, 1.54) is 18.2 Å². The maximum absolute atomic E-state index is 14.2. The molecule has 6 rings (SSSR count). The van der Waals surface area contributed by atoms with Crippen molar-refractivity contribution in [1.82, 2.24) is 24.4 Å². The van der Waals surface area contributed by atoms with Crippen molar-refractivity contribution >= 4 is 23.2 Å². The van der Waals surface area contributed by atoms with Crippen molar-refractivity contribution in [3.05, 3.63) is 58.3 Å². The topological polar surface area (TPSA) is 83.2 Å². The van der Waals surface area contributed by atoms with E-state index in [2.05, 4.69) is 15.0 Å². The first kappa shape index (κ1) is 22.7. The van der Waals surface area contributed by atoms with Crippen LogP contribution >= 0.6 is 11.6 Å². The van der Waals surface area contributed by atoms with Crippen molar-refractivity contribution in [3.63, 3.8) is 0 Å². The zero-order valence-corrected chi connectivity index (χ0v) is 20.2. The molecule has 3 aliphatic heterocycles. The van der Waals surface area contributed by atoms with Crippen molar-refractivity contribution in [2.45, 2.75) is 70.0 Å². The van der Waals surface area contributed by atoms with Crippen LogP contribution in [0.1, 0.15) is 54.2 Å². The van der Waals surface area contributed by atoms with Crippen LogP contribution in [-0.4, -0.2) is 66.2 Å². The molecule has 10 heteroatoms. The minimum absolute atomic E-state index is 0.0972. The number of piperidine rings is 1. The minimum atomic E-state index is -0.436. The number of aromatic nitrogens is 3. The molecule has 8 nitrogen and oxygen atoms in total. The van der Waals surface area contributed by atoms with Crippen LogP contribution in [0.15, 0.2) is 30.6 Å². The summed E-state index contributed by atoms with van der Waals surface area (Å²) in [5.41, 5.74) is 2.69. The second-order valence-corrected chi connectivity index (χ2v) is 10.3. The number of hydrogen-bond acceptors (Lipinski definition) is 6. The van der Waals surface area contributed by atoms with E-state index in [1.54, 1.807) is 21.8 Å². The summed E-state index contributed by atoms with van der Waals surface area (Å²) in [6, 6.07) is 4.80. The van der Waals surface area contributed by atoms with Gasteiger partial charge in [-0.05, 0) is 44.7 Å². The molecule has 0 aliphatic carbocycles. The van der Waals surface area contributed by atoms with E-state index in [0.717, 1.165) is 36.9 Å². The van der Waals surface area contributed by atoms with Crippen LogP contribution in [0, 0.1) is 5.82 Å². The van der Waals surface area contributed by atoms with E-state index in [1.807, 2.05) is 6.92 Å². The quantitative estimate of drug-likeness (QED) is 0.579. The number of ether oxygens (including phenoxy) is 1. The van der Waals surface area contributed by atoms with Gasteiger partial charge in [0.25, 0.3) is 5.91 Å². The first-order valence-corrected chi connectivity index (χ1v) is 12.4. The van der Waals surface area contributed by atoms with Gasteiger partial charge in [-0.15, -0.1) is 0 Å². The smallest absolute Gasteiger partial charge is 0.258 e. The van der Waals surface area contributed by atoms with Crippen molar-refractivity contribution in [1.29, 1.82) is 0 Å². The van der Waals surface area contributed by atoms with E-state index in [4.69, 9.17) is 16.3 Å². The van der Waals surface area contributed by atoms with Crippen LogP contribution in [0.3, 0.4) is 0 Å². The molecule has 5 heterocycles. The summed E-state index contributed by atoms with van der Waals surface area (Å²) in [5.74, 6) is -0.374. The van der Waals surface area contributed by atoms with E-state index < -0.39 is 5.82 Å². The van der Waals surface area contributed by atoms with Gasteiger partial charge in [-0.1, -0.05) is 11.6 Å². The maximum atomic E-state index is 14.2. The Bertz CT molecular complexity index is 1280. The highest BCUT2D eigenvalue weighted by Crippen LogP contribution is 2.38. The van der Waals surface area contributed by atoms with Gasteiger partial charge in [0.1, 0.15) is 17.7 Å². The largest absolute Gasteiger partial charge is 0.489 e. The number of benzene rings is 1. The maximum Gasteiger partial charge on any atom is 0.258 e. The zero-order chi connectivity index (χ0) is 24.3. The number of nitrogens with zero attached hydrogens (tertiary/aromatic N) is 5. The number of aliphatic hydroxyl groups excluding tert-OH is 1. The van der Waals surface area contributed by atoms with E-state index in [0.29, 0.717) is 48.0 Å². The van der Waals surface area contributed by atoms with Crippen molar-refractivity contribution < 1.29 is 19.0 Å². The zero-order valence-electron chi connectivity index (χ0n) is 19.4. The Balaban J connectivity index is 1.20. The third-order valence-electron chi connectivity index (χ3n) is 7.38. The lowest BCUT2D eigenvalue weighted by molar-refractivity contribution is 0.0214. The van der Waals surface area contributed by atoms with Crippen LogP contribution in [-0.2, 0) is 13.1 Å².